The maximum absolute atomic E-state index is 5.09. The van der Waals surface area contributed by atoms with E-state index < -0.39 is 0 Å². The highest BCUT2D eigenvalue weighted by atomic mass is 32.2. The van der Waals surface area contributed by atoms with Gasteiger partial charge in [0.1, 0.15) is 5.82 Å². The molecule has 0 saturated heterocycles. The highest BCUT2D eigenvalue weighted by molar-refractivity contribution is 7.99. The maximum atomic E-state index is 5.09. The van der Waals surface area contributed by atoms with Gasteiger partial charge >= 0.3 is 0 Å². The van der Waals surface area contributed by atoms with Crippen LogP contribution in [0.4, 0.5) is 17.2 Å². The Bertz CT molecular complexity index is 1450. The third kappa shape index (κ3) is 3.68. The number of para-hydroxylation sites is 2. The topological polar surface area (TPSA) is 29.0 Å². The van der Waals surface area contributed by atoms with E-state index in [0.29, 0.717) is 5.82 Å². The van der Waals surface area contributed by atoms with E-state index in [9.17, 15) is 0 Å². The van der Waals surface area contributed by atoms with Crippen LogP contribution in [0.3, 0.4) is 0 Å². The van der Waals surface area contributed by atoms with Gasteiger partial charge in [-0.15, -0.1) is 0 Å². The molecule has 4 heteroatoms. The molecule has 0 amide bonds. The van der Waals surface area contributed by atoms with E-state index in [0.717, 1.165) is 39.6 Å². The van der Waals surface area contributed by atoms with Gasteiger partial charge in [-0.25, -0.2) is 9.97 Å². The zero-order valence-electron chi connectivity index (χ0n) is 18.4. The number of anilines is 3. The molecular weight excluding hydrogens is 434 g/mol. The Morgan fingerprint density at radius 1 is 0.647 bits per heavy atom. The van der Waals surface area contributed by atoms with Gasteiger partial charge in [-0.2, -0.15) is 0 Å². The van der Waals surface area contributed by atoms with Crippen LogP contribution in [-0.4, -0.2) is 9.97 Å². The van der Waals surface area contributed by atoms with E-state index in [1.165, 1.54) is 9.79 Å². The molecule has 0 atom stereocenters. The maximum Gasteiger partial charge on any atom is 0.162 e. The molecule has 0 aliphatic carbocycles. The Morgan fingerprint density at radius 2 is 1.26 bits per heavy atom. The lowest BCUT2D eigenvalue weighted by Gasteiger charge is -2.32. The Hall–Kier alpha value is -4.15. The molecule has 2 heterocycles. The molecule has 0 spiro atoms. The Kier molecular flexibility index (Phi) is 5.21. The van der Waals surface area contributed by atoms with Crippen molar-refractivity contribution in [3.63, 3.8) is 0 Å². The second-order valence-electron chi connectivity index (χ2n) is 8.00. The van der Waals surface area contributed by atoms with Crippen molar-refractivity contribution in [1.82, 2.24) is 9.97 Å². The van der Waals surface area contributed by atoms with Gasteiger partial charge in [-0.05, 0) is 29.8 Å². The third-order valence-electron chi connectivity index (χ3n) is 5.85. The first-order valence-corrected chi connectivity index (χ1v) is 12.0. The van der Waals surface area contributed by atoms with Gasteiger partial charge in [0.15, 0.2) is 5.82 Å². The summed E-state index contributed by atoms with van der Waals surface area (Å²) in [4.78, 5) is 14.7. The first-order chi connectivity index (χ1) is 16.8. The van der Waals surface area contributed by atoms with E-state index in [-0.39, 0.29) is 0 Å². The summed E-state index contributed by atoms with van der Waals surface area (Å²) in [7, 11) is 0. The van der Waals surface area contributed by atoms with Crippen LogP contribution in [0.5, 0.6) is 0 Å². The number of nitrogens with zero attached hydrogens (tertiary/aromatic N) is 3. The van der Waals surface area contributed by atoms with Crippen LogP contribution in [0, 0.1) is 0 Å². The molecule has 0 bridgehead atoms. The standard InChI is InChI=1S/C30H21N3S/c1-2-21-16-18-23(19-17-21)30-31-24(22-10-4-3-5-11-22)20-29(32-30)33-25-12-6-8-14-27(25)34-28-15-9-7-13-26(28)33/h2-20H,1H2. The molecule has 0 radical (unpaired) electrons. The first kappa shape index (κ1) is 20.5. The molecule has 1 aliphatic heterocycles. The summed E-state index contributed by atoms with van der Waals surface area (Å²) < 4.78 is 0. The second-order valence-corrected chi connectivity index (χ2v) is 9.08. The van der Waals surface area contributed by atoms with Crippen molar-refractivity contribution in [2.45, 2.75) is 9.79 Å². The molecule has 4 aromatic carbocycles. The van der Waals surface area contributed by atoms with Crippen molar-refractivity contribution in [2.75, 3.05) is 4.90 Å². The summed E-state index contributed by atoms with van der Waals surface area (Å²) in [6, 6.07) is 37.5. The molecule has 0 saturated carbocycles. The minimum absolute atomic E-state index is 0.695. The van der Waals surface area contributed by atoms with E-state index in [2.05, 4.69) is 90.3 Å². The SMILES string of the molecule is C=Cc1ccc(-c2nc(-c3ccccc3)cc(N3c4ccccc4Sc4ccccc43)n2)cc1. The molecule has 6 rings (SSSR count). The minimum Gasteiger partial charge on any atom is -0.293 e. The zero-order valence-corrected chi connectivity index (χ0v) is 19.2. The van der Waals surface area contributed by atoms with Crippen molar-refractivity contribution in [3.05, 3.63) is 121 Å². The lowest BCUT2D eigenvalue weighted by molar-refractivity contribution is 1.08. The first-order valence-electron chi connectivity index (χ1n) is 11.1. The zero-order chi connectivity index (χ0) is 22.9. The van der Waals surface area contributed by atoms with E-state index in [1.54, 1.807) is 11.8 Å². The largest absolute Gasteiger partial charge is 0.293 e. The molecule has 1 aliphatic rings. The smallest absolute Gasteiger partial charge is 0.162 e. The normalized spacial score (nSPS) is 12.1. The van der Waals surface area contributed by atoms with Gasteiger partial charge in [0.25, 0.3) is 0 Å². The summed E-state index contributed by atoms with van der Waals surface area (Å²) in [5, 5.41) is 0. The van der Waals surface area contributed by atoms with Crippen molar-refractivity contribution < 1.29 is 0 Å². The fraction of sp³-hybridized carbons (Fsp3) is 0. The number of hydrogen-bond donors (Lipinski definition) is 0. The van der Waals surface area contributed by atoms with Crippen LogP contribution in [-0.2, 0) is 0 Å². The highest BCUT2D eigenvalue weighted by Crippen LogP contribution is 2.51. The molecule has 3 nitrogen and oxygen atoms in total. The number of benzene rings is 4. The van der Waals surface area contributed by atoms with Crippen LogP contribution in [0.1, 0.15) is 5.56 Å². The lowest BCUT2D eigenvalue weighted by atomic mass is 10.1. The summed E-state index contributed by atoms with van der Waals surface area (Å²) in [6.07, 6.45) is 1.84. The van der Waals surface area contributed by atoms with E-state index in [1.807, 2.05) is 36.4 Å². The fourth-order valence-corrected chi connectivity index (χ4v) is 5.21. The van der Waals surface area contributed by atoms with Gasteiger partial charge in [0.2, 0.25) is 0 Å². The minimum atomic E-state index is 0.695. The van der Waals surface area contributed by atoms with Crippen LogP contribution in [0.2, 0.25) is 0 Å². The highest BCUT2D eigenvalue weighted by Gasteiger charge is 2.26. The van der Waals surface area contributed by atoms with Gasteiger partial charge < -0.3 is 0 Å². The Morgan fingerprint density at radius 3 is 1.91 bits per heavy atom. The average molecular weight is 456 g/mol. The predicted octanol–water partition coefficient (Wildman–Crippen LogP) is 8.39. The predicted molar refractivity (Wildman–Crippen MR) is 142 cm³/mol. The molecule has 0 fully saturated rings. The number of hydrogen-bond acceptors (Lipinski definition) is 4. The summed E-state index contributed by atoms with van der Waals surface area (Å²) in [5.74, 6) is 1.54. The number of fused-ring (bicyclic) bond motifs is 2. The van der Waals surface area contributed by atoms with E-state index in [4.69, 9.17) is 9.97 Å². The Labute approximate surface area is 203 Å². The quantitative estimate of drug-likeness (QED) is 0.267. The van der Waals surface area contributed by atoms with Crippen LogP contribution in [0.15, 0.2) is 126 Å². The summed E-state index contributed by atoms with van der Waals surface area (Å²) in [5.41, 5.74) is 6.23. The molecule has 0 unspecified atom stereocenters. The Balaban J connectivity index is 1.59. The van der Waals surface area contributed by atoms with Crippen molar-refractivity contribution in [1.29, 1.82) is 0 Å². The third-order valence-corrected chi connectivity index (χ3v) is 6.98. The molecule has 1 aromatic heterocycles. The van der Waals surface area contributed by atoms with Crippen LogP contribution < -0.4 is 4.90 Å². The molecule has 0 N–H and O–H groups in total. The van der Waals surface area contributed by atoms with Gasteiger partial charge in [0.05, 0.1) is 17.1 Å². The van der Waals surface area contributed by atoms with Gasteiger partial charge in [-0.1, -0.05) is 103 Å². The molecule has 5 aromatic rings. The van der Waals surface area contributed by atoms with Crippen LogP contribution in [0.25, 0.3) is 28.7 Å². The lowest BCUT2D eigenvalue weighted by Crippen LogP contribution is -2.16. The summed E-state index contributed by atoms with van der Waals surface area (Å²) >= 11 is 1.79. The molecular formula is C30H21N3S. The van der Waals surface area contributed by atoms with Crippen molar-refractivity contribution in [2.24, 2.45) is 0 Å². The van der Waals surface area contributed by atoms with E-state index >= 15 is 0 Å². The van der Waals surface area contributed by atoms with Gasteiger partial charge in [-0.3, -0.25) is 4.90 Å². The van der Waals surface area contributed by atoms with Crippen molar-refractivity contribution in [3.8, 4) is 22.6 Å². The summed E-state index contributed by atoms with van der Waals surface area (Å²) in [6.45, 7) is 3.87. The number of rotatable bonds is 4. The average Bonchev–Trinajstić information content (AvgIpc) is 2.92. The van der Waals surface area contributed by atoms with Gasteiger partial charge in [0, 0.05) is 27.0 Å². The number of aromatic nitrogens is 2. The molecule has 162 valence electrons. The van der Waals surface area contributed by atoms with Crippen molar-refractivity contribution >= 4 is 35.0 Å². The fourth-order valence-electron chi connectivity index (χ4n) is 4.15. The molecule has 34 heavy (non-hydrogen) atoms. The van der Waals surface area contributed by atoms with Crippen LogP contribution >= 0.6 is 11.8 Å². The monoisotopic (exact) mass is 455 g/mol. The second kappa shape index (κ2) is 8.65.